The Morgan fingerprint density at radius 2 is 1.77 bits per heavy atom. The molecular weight excluding hydrogens is 352 g/mol. The summed E-state index contributed by atoms with van der Waals surface area (Å²) in [5, 5.41) is 2.93. The zero-order valence-electron chi connectivity index (χ0n) is 15.6. The van der Waals surface area contributed by atoms with Crippen LogP contribution >= 0.6 is 0 Å². The van der Waals surface area contributed by atoms with Gasteiger partial charge in [-0.2, -0.15) is 0 Å². The number of carbonyl (C=O) groups excluding carboxylic acids is 1. The first-order valence-electron chi connectivity index (χ1n) is 8.13. The summed E-state index contributed by atoms with van der Waals surface area (Å²) in [4.78, 5) is 12.6. The van der Waals surface area contributed by atoms with Crippen LogP contribution in [0, 0.1) is 6.92 Å². The number of nitrogens with one attached hydrogen (secondary N) is 1. The van der Waals surface area contributed by atoms with Gasteiger partial charge in [0.2, 0.25) is 10.0 Å². The van der Waals surface area contributed by atoms with Crippen molar-refractivity contribution in [1.82, 2.24) is 5.32 Å². The van der Waals surface area contributed by atoms with Crippen molar-refractivity contribution in [2.24, 2.45) is 0 Å². The van der Waals surface area contributed by atoms with E-state index >= 15 is 0 Å². The van der Waals surface area contributed by atoms with Crippen molar-refractivity contribution in [3.63, 3.8) is 0 Å². The Bertz CT molecular complexity index is 892. The molecule has 0 fully saturated rings. The standard InChI is InChI=1S/C19H24N2O4S/c1-13-6-7-16(12-18(13)21(3)26(5,23)24)19(22)20-14(2)15-8-10-17(25-4)11-9-15/h6-12,14H,1-5H3,(H,20,22)/t14-/m1/s1. The summed E-state index contributed by atoms with van der Waals surface area (Å²) in [5.74, 6) is 0.482. The predicted molar refractivity (Wildman–Crippen MR) is 103 cm³/mol. The zero-order chi connectivity index (χ0) is 19.5. The van der Waals surface area contributed by atoms with Crippen molar-refractivity contribution in [2.75, 3.05) is 24.7 Å². The molecule has 0 saturated carbocycles. The second kappa shape index (κ2) is 7.78. The number of ether oxygens (including phenoxy) is 1. The molecule has 0 spiro atoms. The Balaban J connectivity index is 2.21. The van der Waals surface area contributed by atoms with Gasteiger partial charge in [-0.05, 0) is 49.2 Å². The highest BCUT2D eigenvalue weighted by atomic mass is 32.2. The van der Waals surface area contributed by atoms with Crippen LogP contribution in [0.3, 0.4) is 0 Å². The number of amides is 1. The third kappa shape index (κ3) is 4.54. The molecule has 1 amide bonds. The van der Waals surface area contributed by atoms with E-state index in [0.717, 1.165) is 23.1 Å². The molecule has 0 aromatic heterocycles. The van der Waals surface area contributed by atoms with E-state index in [1.165, 1.54) is 11.4 Å². The largest absolute Gasteiger partial charge is 0.497 e. The van der Waals surface area contributed by atoms with Gasteiger partial charge in [0.25, 0.3) is 5.91 Å². The lowest BCUT2D eigenvalue weighted by atomic mass is 10.1. The fourth-order valence-corrected chi connectivity index (χ4v) is 3.08. The van der Waals surface area contributed by atoms with E-state index in [0.29, 0.717) is 11.3 Å². The Kier molecular flexibility index (Phi) is 5.92. The van der Waals surface area contributed by atoms with Gasteiger partial charge in [0.05, 0.1) is 25.1 Å². The molecule has 0 bridgehead atoms. The Labute approximate surface area is 154 Å². The summed E-state index contributed by atoms with van der Waals surface area (Å²) >= 11 is 0. The summed E-state index contributed by atoms with van der Waals surface area (Å²) in [7, 11) is -0.332. The molecule has 0 saturated heterocycles. The van der Waals surface area contributed by atoms with Gasteiger partial charge in [0.15, 0.2) is 0 Å². The lowest BCUT2D eigenvalue weighted by Gasteiger charge is -2.20. The fraction of sp³-hybridized carbons (Fsp3) is 0.316. The van der Waals surface area contributed by atoms with Gasteiger partial charge in [-0.3, -0.25) is 9.10 Å². The van der Waals surface area contributed by atoms with Crippen LogP contribution in [0.4, 0.5) is 5.69 Å². The van der Waals surface area contributed by atoms with Crippen molar-refractivity contribution >= 4 is 21.6 Å². The number of aryl methyl sites for hydroxylation is 1. The summed E-state index contributed by atoms with van der Waals surface area (Å²) in [6, 6.07) is 12.3. The minimum atomic E-state index is -3.40. The average molecular weight is 376 g/mol. The van der Waals surface area contributed by atoms with Gasteiger partial charge < -0.3 is 10.1 Å². The molecule has 0 unspecified atom stereocenters. The highest BCUT2D eigenvalue weighted by Gasteiger charge is 2.18. The van der Waals surface area contributed by atoms with E-state index in [1.54, 1.807) is 32.2 Å². The van der Waals surface area contributed by atoms with E-state index in [4.69, 9.17) is 4.74 Å². The second-order valence-corrected chi connectivity index (χ2v) is 8.21. The number of nitrogens with zero attached hydrogens (tertiary/aromatic N) is 1. The van der Waals surface area contributed by atoms with Crippen LogP contribution in [0.25, 0.3) is 0 Å². The van der Waals surface area contributed by atoms with Crippen molar-refractivity contribution in [3.8, 4) is 5.75 Å². The molecule has 0 aliphatic carbocycles. The zero-order valence-corrected chi connectivity index (χ0v) is 16.4. The number of hydrogen-bond acceptors (Lipinski definition) is 4. The molecule has 1 atom stereocenters. The highest BCUT2D eigenvalue weighted by Crippen LogP contribution is 2.23. The first-order chi connectivity index (χ1) is 12.1. The molecular formula is C19H24N2O4S. The average Bonchev–Trinajstić information content (AvgIpc) is 2.60. The summed E-state index contributed by atoms with van der Waals surface area (Å²) in [6.45, 7) is 3.69. The Hall–Kier alpha value is -2.54. The molecule has 0 aliphatic rings. The van der Waals surface area contributed by atoms with Crippen LogP contribution in [-0.4, -0.2) is 34.7 Å². The molecule has 2 aromatic rings. The lowest BCUT2D eigenvalue weighted by Crippen LogP contribution is -2.28. The van der Waals surface area contributed by atoms with Gasteiger partial charge in [0.1, 0.15) is 5.75 Å². The number of anilines is 1. The maximum Gasteiger partial charge on any atom is 0.251 e. The first-order valence-corrected chi connectivity index (χ1v) is 9.97. The summed E-state index contributed by atoms with van der Waals surface area (Å²) in [5.41, 5.74) is 2.61. The minimum Gasteiger partial charge on any atom is -0.497 e. The third-order valence-corrected chi connectivity index (χ3v) is 5.46. The van der Waals surface area contributed by atoms with Gasteiger partial charge >= 0.3 is 0 Å². The fourth-order valence-electron chi connectivity index (χ4n) is 2.52. The van der Waals surface area contributed by atoms with Crippen molar-refractivity contribution in [2.45, 2.75) is 19.9 Å². The Morgan fingerprint density at radius 3 is 2.31 bits per heavy atom. The van der Waals surface area contributed by atoms with Crippen LogP contribution < -0.4 is 14.4 Å². The quantitative estimate of drug-likeness (QED) is 0.841. The van der Waals surface area contributed by atoms with Gasteiger partial charge in [-0.1, -0.05) is 18.2 Å². The van der Waals surface area contributed by atoms with Gasteiger partial charge in [-0.15, -0.1) is 0 Å². The van der Waals surface area contributed by atoms with E-state index in [2.05, 4.69) is 5.32 Å². The predicted octanol–water partition coefficient (Wildman–Crippen LogP) is 2.89. The third-order valence-electron chi connectivity index (χ3n) is 4.27. The van der Waals surface area contributed by atoms with Gasteiger partial charge in [0, 0.05) is 12.6 Å². The molecule has 1 N–H and O–H groups in total. The van der Waals surface area contributed by atoms with E-state index in [9.17, 15) is 13.2 Å². The monoisotopic (exact) mass is 376 g/mol. The molecule has 2 rings (SSSR count). The SMILES string of the molecule is COc1ccc([C@@H](C)NC(=O)c2ccc(C)c(N(C)S(C)(=O)=O)c2)cc1. The minimum absolute atomic E-state index is 0.203. The summed E-state index contributed by atoms with van der Waals surface area (Å²) < 4.78 is 29.9. The molecule has 2 aromatic carbocycles. The maximum atomic E-state index is 12.6. The van der Waals surface area contributed by atoms with Crippen molar-refractivity contribution in [1.29, 1.82) is 0 Å². The van der Waals surface area contributed by atoms with E-state index in [1.807, 2.05) is 31.2 Å². The second-order valence-electron chi connectivity index (χ2n) is 6.20. The van der Waals surface area contributed by atoms with Crippen LogP contribution in [0.2, 0.25) is 0 Å². The number of methoxy groups -OCH3 is 1. The van der Waals surface area contributed by atoms with Crippen LogP contribution in [0.1, 0.15) is 34.5 Å². The highest BCUT2D eigenvalue weighted by molar-refractivity contribution is 7.92. The number of benzene rings is 2. The molecule has 0 radical (unpaired) electrons. The number of rotatable bonds is 6. The topological polar surface area (TPSA) is 75.7 Å². The van der Waals surface area contributed by atoms with Crippen molar-refractivity contribution in [3.05, 3.63) is 59.2 Å². The molecule has 7 heteroatoms. The molecule has 26 heavy (non-hydrogen) atoms. The van der Waals surface area contributed by atoms with E-state index in [-0.39, 0.29) is 11.9 Å². The number of sulfonamides is 1. The normalized spacial score (nSPS) is 12.3. The van der Waals surface area contributed by atoms with E-state index < -0.39 is 10.0 Å². The lowest BCUT2D eigenvalue weighted by molar-refractivity contribution is 0.0940. The van der Waals surface area contributed by atoms with Crippen molar-refractivity contribution < 1.29 is 17.9 Å². The van der Waals surface area contributed by atoms with Crippen LogP contribution in [-0.2, 0) is 10.0 Å². The van der Waals surface area contributed by atoms with Crippen LogP contribution in [0.5, 0.6) is 5.75 Å². The molecule has 6 nitrogen and oxygen atoms in total. The molecule has 0 aliphatic heterocycles. The first kappa shape index (κ1) is 19.8. The van der Waals surface area contributed by atoms with Crippen LogP contribution in [0.15, 0.2) is 42.5 Å². The molecule has 0 heterocycles. The Morgan fingerprint density at radius 1 is 1.15 bits per heavy atom. The number of carbonyl (C=O) groups is 1. The number of hydrogen-bond donors (Lipinski definition) is 1. The van der Waals surface area contributed by atoms with Gasteiger partial charge in [-0.25, -0.2) is 8.42 Å². The maximum absolute atomic E-state index is 12.6. The molecule has 140 valence electrons. The summed E-state index contributed by atoms with van der Waals surface area (Å²) in [6.07, 6.45) is 1.13. The smallest absolute Gasteiger partial charge is 0.251 e.